The summed E-state index contributed by atoms with van der Waals surface area (Å²) < 4.78 is 0. The van der Waals surface area contributed by atoms with Crippen LogP contribution in [0.3, 0.4) is 0 Å². The summed E-state index contributed by atoms with van der Waals surface area (Å²) in [6.45, 7) is 7.87. The van der Waals surface area contributed by atoms with E-state index in [4.69, 9.17) is 11.6 Å². The summed E-state index contributed by atoms with van der Waals surface area (Å²) in [5.74, 6) is 0.0925. The summed E-state index contributed by atoms with van der Waals surface area (Å²) in [5, 5.41) is 6.08. The lowest BCUT2D eigenvalue weighted by molar-refractivity contribution is 0.0581. The van der Waals surface area contributed by atoms with Crippen molar-refractivity contribution >= 4 is 28.8 Å². The van der Waals surface area contributed by atoms with Crippen molar-refractivity contribution in [1.29, 1.82) is 0 Å². The molecule has 0 saturated carbocycles. The first-order valence-electron chi connectivity index (χ1n) is 6.86. The minimum absolute atomic E-state index is 0.0925. The highest BCUT2D eigenvalue weighted by Crippen LogP contribution is 2.29. The molecule has 0 aromatic carbocycles. The smallest absolute Gasteiger partial charge is 0.265 e. The zero-order valence-electron chi connectivity index (χ0n) is 11.7. The number of thiophene rings is 1. The van der Waals surface area contributed by atoms with Crippen molar-refractivity contribution in [3.05, 3.63) is 20.8 Å². The lowest BCUT2D eigenvalue weighted by Gasteiger charge is -2.39. The standard InChI is InChI=1S/C14H21ClN2OS/c1-4-10-7-17(11(5-2)6-16-10)14(18)13-12(15)9(3)8-19-13/h8,10-11,16H,4-7H2,1-3H3. The Kier molecular flexibility index (Phi) is 4.87. The van der Waals surface area contributed by atoms with Crippen molar-refractivity contribution in [3.8, 4) is 0 Å². The Morgan fingerprint density at radius 1 is 1.53 bits per heavy atom. The number of piperazine rings is 1. The number of hydrogen-bond acceptors (Lipinski definition) is 3. The number of aryl methyl sites for hydroxylation is 1. The molecule has 1 aliphatic rings. The summed E-state index contributed by atoms with van der Waals surface area (Å²) in [5.41, 5.74) is 0.991. The number of nitrogens with zero attached hydrogens (tertiary/aromatic N) is 1. The van der Waals surface area contributed by atoms with E-state index in [1.54, 1.807) is 0 Å². The maximum absolute atomic E-state index is 12.7. The summed E-state index contributed by atoms with van der Waals surface area (Å²) in [7, 11) is 0. The Morgan fingerprint density at radius 2 is 2.26 bits per heavy atom. The maximum atomic E-state index is 12.7. The third-order valence-corrected chi connectivity index (χ3v) is 5.50. The topological polar surface area (TPSA) is 32.3 Å². The third kappa shape index (κ3) is 2.96. The quantitative estimate of drug-likeness (QED) is 0.929. The van der Waals surface area contributed by atoms with Crippen LogP contribution in [-0.4, -0.2) is 36.0 Å². The van der Waals surface area contributed by atoms with Gasteiger partial charge < -0.3 is 10.2 Å². The molecule has 1 amide bonds. The second-order valence-electron chi connectivity index (χ2n) is 5.09. The fourth-order valence-electron chi connectivity index (χ4n) is 2.46. The van der Waals surface area contributed by atoms with Gasteiger partial charge in [0.05, 0.1) is 5.02 Å². The Morgan fingerprint density at radius 3 is 2.79 bits per heavy atom. The van der Waals surface area contributed by atoms with Crippen LogP contribution in [0, 0.1) is 6.92 Å². The van der Waals surface area contributed by atoms with E-state index >= 15 is 0 Å². The van der Waals surface area contributed by atoms with Crippen LogP contribution >= 0.6 is 22.9 Å². The molecule has 2 atom stereocenters. The van der Waals surface area contributed by atoms with Gasteiger partial charge >= 0.3 is 0 Å². The molecule has 3 nitrogen and oxygen atoms in total. The summed E-state index contributed by atoms with van der Waals surface area (Å²) in [6, 6.07) is 0.667. The average molecular weight is 301 g/mol. The molecule has 1 aliphatic heterocycles. The molecule has 1 N–H and O–H groups in total. The molecule has 1 fully saturated rings. The zero-order valence-corrected chi connectivity index (χ0v) is 13.3. The van der Waals surface area contributed by atoms with Crippen molar-refractivity contribution in [2.75, 3.05) is 13.1 Å². The lowest BCUT2D eigenvalue weighted by Crippen LogP contribution is -2.57. The highest BCUT2D eigenvalue weighted by atomic mass is 35.5. The molecule has 2 rings (SSSR count). The van der Waals surface area contributed by atoms with Gasteiger partial charge in [-0.25, -0.2) is 0 Å². The molecule has 0 radical (unpaired) electrons. The summed E-state index contributed by atoms with van der Waals surface area (Å²) in [4.78, 5) is 15.4. The van der Waals surface area contributed by atoms with Crippen molar-refractivity contribution in [2.24, 2.45) is 0 Å². The van der Waals surface area contributed by atoms with E-state index in [1.165, 1.54) is 11.3 Å². The van der Waals surface area contributed by atoms with Gasteiger partial charge in [0.25, 0.3) is 5.91 Å². The van der Waals surface area contributed by atoms with Gasteiger partial charge in [0.1, 0.15) is 4.88 Å². The van der Waals surface area contributed by atoms with Crippen LogP contribution in [0.5, 0.6) is 0 Å². The fraction of sp³-hybridized carbons (Fsp3) is 0.643. The molecule has 19 heavy (non-hydrogen) atoms. The molecular weight excluding hydrogens is 280 g/mol. The number of rotatable bonds is 3. The van der Waals surface area contributed by atoms with E-state index in [-0.39, 0.29) is 11.9 Å². The molecular formula is C14H21ClN2OS. The number of hydrogen-bond donors (Lipinski definition) is 1. The third-order valence-electron chi connectivity index (χ3n) is 3.82. The second-order valence-corrected chi connectivity index (χ2v) is 6.35. The van der Waals surface area contributed by atoms with Crippen LogP contribution < -0.4 is 5.32 Å². The molecule has 106 valence electrons. The molecule has 0 aliphatic carbocycles. The van der Waals surface area contributed by atoms with Gasteiger partial charge in [0, 0.05) is 25.2 Å². The van der Waals surface area contributed by atoms with E-state index < -0.39 is 0 Å². The molecule has 0 spiro atoms. The number of amides is 1. The van der Waals surface area contributed by atoms with Gasteiger partial charge in [0.2, 0.25) is 0 Å². The largest absolute Gasteiger partial charge is 0.332 e. The summed E-state index contributed by atoms with van der Waals surface area (Å²) >= 11 is 7.69. The molecule has 2 heterocycles. The minimum Gasteiger partial charge on any atom is -0.332 e. The van der Waals surface area contributed by atoms with Crippen molar-refractivity contribution < 1.29 is 4.79 Å². The van der Waals surface area contributed by atoms with Gasteiger partial charge in [-0.3, -0.25) is 4.79 Å². The van der Waals surface area contributed by atoms with Gasteiger partial charge in [-0.05, 0) is 30.7 Å². The van der Waals surface area contributed by atoms with Crippen molar-refractivity contribution in [2.45, 2.75) is 45.7 Å². The lowest BCUT2D eigenvalue weighted by atomic mass is 10.0. The average Bonchev–Trinajstić information content (AvgIpc) is 2.77. The fourth-order valence-corrected chi connectivity index (χ4v) is 3.68. The van der Waals surface area contributed by atoms with Crippen molar-refractivity contribution in [3.63, 3.8) is 0 Å². The van der Waals surface area contributed by atoms with Crippen LogP contribution in [0.2, 0.25) is 5.02 Å². The molecule has 2 unspecified atom stereocenters. The Hall–Kier alpha value is -0.580. The van der Waals surface area contributed by atoms with Crippen LogP contribution in [-0.2, 0) is 0 Å². The van der Waals surface area contributed by atoms with Gasteiger partial charge in [0.15, 0.2) is 0 Å². The van der Waals surface area contributed by atoms with Crippen LogP contribution in [0.1, 0.15) is 41.9 Å². The second kappa shape index (κ2) is 6.25. The van der Waals surface area contributed by atoms with Crippen LogP contribution in [0.25, 0.3) is 0 Å². The van der Waals surface area contributed by atoms with E-state index in [0.717, 1.165) is 31.5 Å². The monoisotopic (exact) mass is 300 g/mol. The maximum Gasteiger partial charge on any atom is 0.265 e. The number of nitrogens with one attached hydrogen (secondary N) is 1. The molecule has 1 aromatic rings. The highest BCUT2D eigenvalue weighted by Gasteiger charge is 2.31. The zero-order chi connectivity index (χ0) is 14.0. The van der Waals surface area contributed by atoms with Crippen LogP contribution in [0.4, 0.5) is 0 Å². The first kappa shape index (κ1) is 14.8. The Labute approximate surface area is 123 Å². The molecule has 5 heteroatoms. The number of carbonyl (C=O) groups excluding carboxylic acids is 1. The van der Waals surface area contributed by atoms with Crippen LogP contribution in [0.15, 0.2) is 5.38 Å². The van der Waals surface area contributed by atoms with Crippen molar-refractivity contribution in [1.82, 2.24) is 10.2 Å². The van der Waals surface area contributed by atoms with Gasteiger partial charge in [-0.1, -0.05) is 25.4 Å². The van der Waals surface area contributed by atoms with E-state index in [2.05, 4.69) is 19.2 Å². The van der Waals surface area contributed by atoms with E-state index in [9.17, 15) is 4.79 Å². The Balaban J connectivity index is 2.21. The predicted octanol–water partition coefficient (Wildman–Crippen LogP) is 3.31. The number of carbonyl (C=O) groups is 1. The number of halogens is 1. The predicted molar refractivity (Wildman–Crippen MR) is 81.3 cm³/mol. The highest BCUT2D eigenvalue weighted by molar-refractivity contribution is 7.13. The Bertz CT molecular complexity index is 460. The van der Waals surface area contributed by atoms with E-state index in [1.807, 2.05) is 17.2 Å². The molecule has 1 aromatic heterocycles. The minimum atomic E-state index is 0.0925. The van der Waals surface area contributed by atoms with E-state index in [0.29, 0.717) is 15.9 Å². The first-order valence-corrected chi connectivity index (χ1v) is 8.12. The molecule has 0 bridgehead atoms. The normalized spacial score (nSPS) is 23.7. The van der Waals surface area contributed by atoms with Gasteiger partial charge in [-0.2, -0.15) is 0 Å². The molecule has 1 saturated heterocycles. The summed E-state index contributed by atoms with van der Waals surface area (Å²) in [6.07, 6.45) is 2.01. The first-order chi connectivity index (χ1) is 9.08. The SMILES string of the molecule is CCC1CN(C(=O)c2scc(C)c2Cl)C(CC)CN1. The van der Waals surface area contributed by atoms with Gasteiger partial charge in [-0.15, -0.1) is 11.3 Å².